The molecule has 1 aliphatic carbocycles. The van der Waals surface area contributed by atoms with E-state index < -0.39 is 11.4 Å². The predicted octanol–water partition coefficient (Wildman–Crippen LogP) is 2.85. The zero-order valence-corrected chi connectivity index (χ0v) is 13.0. The van der Waals surface area contributed by atoms with Crippen molar-refractivity contribution in [2.45, 2.75) is 37.5 Å². The molecule has 0 bridgehead atoms. The molecule has 1 aliphatic rings. The highest BCUT2D eigenvalue weighted by Gasteiger charge is 2.45. The molecule has 0 spiro atoms. The molecule has 4 nitrogen and oxygen atoms in total. The molecule has 0 aliphatic heterocycles. The smallest absolute Gasteiger partial charge is 0.310 e. The van der Waals surface area contributed by atoms with Gasteiger partial charge in [-0.25, -0.2) is 0 Å². The van der Waals surface area contributed by atoms with Crippen LogP contribution in [0.3, 0.4) is 0 Å². The number of rotatable bonds is 7. The molecule has 0 heterocycles. The summed E-state index contributed by atoms with van der Waals surface area (Å²) in [6.07, 6.45) is 2.25. The number of thioether (sulfide) groups is 1. The van der Waals surface area contributed by atoms with Gasteiger partial charge in [-0.15, -0.1) is 11.8 Å². The molecule has 5 heteroatoms. The second kappa shape index (κ2) is 6.98. The maximum Gasteiger partial charge on any atom is 0.310 e. The quantitative estimate of drug-likeness (QED) is 0.600. The Balaban J connectivity index is 1.67. The van der Waals surface area contributed by atoms with Crippen LogP contribution >= 0.6 is 11.8 Å². The van der Waals surface area contributed by atoms with Gasteiger partial charge in [0.1, 0.15) is 0 Å². The van der Waals surface area contributed by atoms with Crippen molar-refractivity contribution in [3.8, 4) is 0 Å². The number of amides is 1. The molecule has 1 aromatic rings. The number of carbonyl (C=O) groups excluding carboxylic acids is 1. The summed E-state index contributed by atoms with van der Waals surface area (Å²) in [5.74, 6) is -0.200. The summed E-state index contributed by atoms with van der Waals surface area (Å²) in [5.41, 5.74) is 0.431. The Morgan fingerprint density at radius 2 is 1.95 bits per heavy atom. The number of hydrogen-bond acceptors (Lipinski definition) is 3. The molecule has 2 N–H and O–H groups in total. The molecule has 1 aromatic carbocycles. The van der Waals surface area contributed by atoms with Gasteiger partial charge in [0.2, 0.25) is 5.91 Å². The monoisotopic (exact) mass is 307 g/mol. The lowest BCUT2D eigenvalue weighted by Gasteiger charge is -2.36. The number of carbonyl (C=O) groups is 2. The molecule has 0 unspecified atom stereocenters. The minimum Gasteiger partial charge on any atom is -0.481 e. The largest absolute Gasteiger partial charge is 0.481 e. The molecule has 21 heavy (non-hydrogen) atoms. The van der Waals surface area contributed by atoms with Crippen LogP contribution in [0.1, 0.15) is 31.2 Å². The highest BCUT2D eigenvalue weighted by atomic mass is 32.2. The van der Waals surface area contributed by atoms with Crippen LogP contribution in [0.25, 0.3) is 0 Å². The second-order valence-electron chi connectivity index (χ2n) is 5.63. The van der Waals surface area contributed by atoms with Crippen LogP contribution in [0.4, 0.5) is 0 Å². The van der Waals surface area contributed by atoms with E-state index in [2.05, 4.69) is 29.6 Å². The Morgan fingerprint density at radius 1 is 1.29 bits per heavy atom. The Bertz CT molecular complexity index is 509. The third-order valence-electron chi connectivity index (χ3n) is 3.98. The molecule has 1 saturated carbocycles. The van der Waals surface area contributed by atoms with E-state index in [0.717, 1.165) is 12.2 Å². The van der Waals surface area contributed by atoms with Crippen molar-refractivity contribution in [3.05, 3.63) is 29.8 Å². The molecule has 0 atom stereocenters. The Labute approximate surface area is 129 Å². The van der Waals surface area contributed by atoms with Gasteiger partial charge >= 0.3 is 5.97 Å². The van der Waals surface area contributed by atoms with Gasteiger partial charge in [-0.1, -0.05) is 24.1 Å². The van der Waals surface area contributed by atoms with E-state index in [-0.39, 0.29) is 12.3 Å². The fraction of sp³-hybridized carbons (Fsp3) is 0.500. The van der Waals surface area contributed by atoms with E-state index in [0.29, 0.717) is 19.4 Å². The standard InChI is InChI=1S/C16H21NO3S/c1-12-3-5-13(6-4-12)21-10-9-17-14(18)11-16(15(19)20)7-2-8-16/h3-6H,2,7-11H2,1H3,(H,17,18)(H,19,20). The third kappa shape index (κ3) is 4.24. The van der Waals surface area contributed by atoms with E-state index in [1.807, 2.05) is 6.92 Å². The van der Waals surface area contributed by atoms with Crippen LogP contribution in [-0.2, 0) is 9.59 Å². The number of nitrogens with one attached hydrogen (secondary N) is 1. The summed E-state index contributed by atoms with van der Waals surface area (Å²) >= 11 is 1.68. The molecule has 1 fully saturated rings. The first-order valence-corrected chi connectivity index (χ1v) is 8.20. The first kappa shape index (κ1) is 15.9. The normalized spacial score (nSPS) is 16.0. The maximum atomic E-state index is 11.8. The summed E-state index contributed by atoms with van der Waals surface area (Å²) in [6, 6.07) is 8.26. The lowest BCUT2D eigenvalue weighted by atomic mass is 9.66. The van der Waals surface area contributed by atoms with Gasteiger partial charge in [0.05, 0.1) is 5.41 Å². The van der Waals surface area contributed by atoms with Gasteiger partial charge in [-0.2, -0.15) is 0 Å². The van der Waals surface area contributed by atoms with Crippen molar-refractivity contribution in [1.29, 1.82) is 0 Å². The molecule has 2 rings (SSSR count). The van der Waals surface area contributed by atoms with Crippen molar-refractivity contribution in [3.63, 3.8) is 0 Å². The Hall–Kier alpha value is -1.49. The van der Waals surface area contributed by atoms with Gasteiger partial charge in [-0.3, -0.25) is 9.59 Å². The van der Waals surface area contributed by atoms with Gasteiger partial charge in [0.15, 0.2) is 0 Å². The summed E-state index contributed by atoms with van der Waals surface area (Å²) in [6.45, 7) is 2.61. The molecule has 1 amide bonds. The predicted molar refractivity (Wildman–Crippen MR) is 83.4 cm³/mol. The Kier molecular flexibility index (Phi) is 5.28. The number of hydrogen-bond donors (Lipinski definition) is 2. The zero-order valence-electron chi connectivity index (χ0n) is 12.2. The van der Waals surface area contributed by atoms with Crippen LogP contribution in [0.2, 0.25) is 0 Å². The summed E-state index contributed by atoms with van der Waals surface area (Å²) in [7, 11) is 0. The average molecular weight is 307 g/mol. The Morgan fingerprint density at radius 3 is 2.48 bits per heavy atom. The van der Waals surface area contributed by atoms with Crippen molar-refractivity contribution < 1.29 is 14.7 Å². The van der Waals surface area contributed by atoms with Gasteiger partial charge in [-0.05, 0) is 31.9 Å². The first-order chi connectivity index (χ1) is 10.0. The van der Waals surface area contributed by atoms with E-state index in [9.17, 15) is 14.7 Å². The van der Waals surface area contributed by atoms with E-state index >= 15 is 0 Å². The number of carboxylic acid groups (broad SMARTS) is 1. The summed E-state index contributed by atoms with van der Waals surface area (Å²) in [5, 5.41) is 12.0. The van der Waals surface area contributed by atoms with E-state index in [1.165, 1.54) is 10.5 Å². The molecule has 114 valence electrons. The van der Waals surface area contributed by atoms with Crippen molar-refractivity contribution in [2.24, 2.45) is 5.41 Å². The molecule has 0 saturated heterocycles. The van der Waals surface area contributed by atoms with Gasteiger partial charge < -0.3 is 10.4 Å². The third-order valence-corrected chi connectivity index (χ3v) is 4.99. The van der Waals surface area contributed by atoms with Crippen molar-refractivity contribution in [2.75, 3.05) is 12.3 Å². The summed E-state index contributed by atoms with van der Waals surface area (Å²) < 4.78 is 0. The number of aryl methyl sites for hydroxylation is 1. The number of aliphatic carboxylic acids is 1. The minimum atomic E-state index is -0.835. The number of carboxylic acids is 1. The molecular weight excluding hydrogens is 286 g/mol. The topological polar surface area (TPSA) is 66.4 Å². The molecule has 0 aromatic heterocycles. The average Bonchev–Trinajstić information content (AvgIpc) is 2.40. The SMILES string of the molecule is Cc1ccc(SCCNC(=O)CC2(C(=O)O)CCC2)cc1. The molecule has 0 radical (unpaired) electrons. The second-order valence-corrected chi connectivity index (χ2v) is 6.80. The zero-order chi connectivity index (χ0) is 15.3. The fourth-order valence-electron chi connectivity index (χ4n) is 2.43. The van der Waals surface area contributed by atoms with Crippen LogP contribution in [0, 0.1) is 12.3 Å². The summed E-state index contributed by atoms with van der Waals surface area (Å²) in [4.78, 5) is 24.2. The first-order valence-electron chi connectivity index (χ1n) is 7.21. The van der Waals surface area contributed by atoms with E-state index in [4.69, 9.17) is 0 Å². The fourth-order valence-corrected chi connectivity index (χ4v) is 3.20. The lowest BCUT2D eigenvalue weighted by molar-refractivity contribution is -0.157. The van der Waals surface area contributed by atoms with Crippen LogP contribution in [0.5, 0.6) is 0 Å². The molecular formula is C16H21NO3S. The van der Waals surface area contributed by atoms with Crippen LogP contribution < -0.4 is 5.32 Å². The van der Waals surface area contributed by atoms with Crippen LogP contribution in [0.15, 0.2) is 29.2 Å². The van der Waals surface area contributed by atoms with Crippen molar-refractivity contribution >= 4 is 23.6 Å². The highest BCUT2D eigenvalue weighted by Crippen LogP contribution is 2.44. The minimum absolute atomic E-state index is 0.109. The van der Waals surface area contributed by atoms with Gasteiger partial charge in [0, 0.05) is 23.6 Å². The van der Waals surface area contributed by atoms with Crippen LogP contribution in [-0.4, -0.2) is 29.3 Å². The lowest BCUT2D eigenvalue weighted by Crippen LogP contribution is -2.42. The highest BCUT2D eigenvalue weighted by molar-refractivity contribution is 7.99. The maximum absolute atomic E-state index is 11.8. The van der Waals surface area contributed by atoms with E-state index in [1.54, 1.807) is 11.8 Å². The number of benzene rings is 1. The van der Waals surface area contributed by atoms with Gasteiger partial charge in [0.25, 0.3) is 0 Å². The van der Waals surface area contributed by atoms with Crippen molar-refractivity contribution in [1.82, 2.24) is 5.32 Å².